The van der Waals surface area contributed by atoms with Crippen LogP contribution >= 0.6 is 0 Å². The molecule has 0 aromatic heterocycles. The number of nitrogens with two attached hydrogens (primary N) is 2. The van der Waals surface area contributed by atoms with Gasteiger partial charge in [-0.15, -0.1) is 0 Å². The molecular weight excluding hydrogens is 176 g/mol. The van der Waals surface area contributed by atoms with E-state index in [1.165, 1.54) is 5.56 Å². The summed E-state index contributed by atoms with van der Waals surface area (Å²) in [6.07, 6.45) is 0. The molecule has 0 atom stereocenters. The maximum Gasteiger partial charge on any atom is 0.166 e. The van der Waals surface area contributed by atoms with Gasteiger partial charge in [-0.3, -0.25) is 0 Å². The van der Waals surface area contributed by atoms with Crippen LogP contribution in [0.25, 0.3) is 0 Å². The SMILES string of the molecule is CC.Cc1ccc(/C(=N/N)NN)cc1. The van der Waals surface area contributed by atoms with E-state index < -0.39 is 0 Å². The summed E-state index contributed by atoms with van der Waals surface area (Å²) in [4.78, 5) is 0. The molecule has 0 unspecified atom stereocenters. The number of rotatable bonds is 1. The largest absolute Gasteiger partial charge is 0.321 e. The van der Waals surface area contributed by atoms with Crippen LogP contribution in [-0.2, 0) is 0 Å². The lowest BCUT2D eigenvalue weighted by Gasteiger charge is -2.03. The summed E-state index contributed by atoms with van der Waals surface area (Å²) >= 11 is 0. The number of hydrogen-bond acceptors (Lipinski definition) is 3. The molecule has 0 heterocycles. The van der Waals surface area contributed by atoms with Gasteiger partial charge >= 0.3 is 0 Å². The fourth-order valence-corrected chi connectivity index (χ4v) is 0.907. The van der Waals surface area contributed by atoms with Gasteiger partial charge in [-0.2, -0.15) is 5.10 Å². The summed E-state index contributed by atoms with van der Waals surface area (Å²) in [6, 6.07) is 7.75. The van der Waals surface area contributed by atoms with Crippen molar-refractivity contribution in [3.05, 3.63) is 35.4 Å². The molecule has 4 heteroatoms. The van der Waals surface area contributed by atoms with Gasteiger partial charge in [0.1, 0.15) is 0 Å². The number of nitrogens with one attached hydrogen (secondary N) is 1. The molecular formula is C10H18N4. The third kappa shape index (κ3) is 3.45. The number of aryl methyl sites for hydroxylation is 1. The van der Waals surface area contributed by atoms with Gasteiger partial charge in [-0.05, 0) is 6.92 Å². The van der Waals surface area contributed by atoms with E-state index in [0.717, 1.165) is 5.56 Å². The molecule has 0 aliphatic rings. The van der Waals surface area contributed by atoms with Gasteiger partial charge in [0.2, 0.25) is 0 Å². The zero-order valence-corrected chi connectivity index (χ0v) is 8.91. The fraction of sp³-hybridized carbons (Fsp3) is 0.300. The zero-order valence-electron chi connectivity index (χ0n) is 8.91. The highest BCUT2D eigenvalue weighted by atomic mass is 15.3. The Hall–Kier alpha value is -1.55. The first kappa shape index (κ1) is 12.4. The molecule has 0 saturated carbocycles. The van der Waals surface area contributed by atoms with E-state index in [9.17, 15) is 0 Å². The van der Waals surface area contributed by atoms with Crippen molar-refractivity contribution >= 4 is 5.84 Å². The molecule has 78 valence electrons. The highest BCUT2D eigenvalue weighted by molar-refractivity contribution is 5.98. The summed E-state index contributed by atoms with van der Waals surface area (Å²) in [5, 5.41) is 3.49. The van der Waals surface area contributed by atoms with Crippen LogP contribution in [0.5, 0.6) is 0 Å². The highest BCUT2D eigenvalue weighted by Crippen LogP contribution is 2.02. The maximum absolute atomic E-state index is 5.19. The van der Waals surface area contributed by atoms with E-state index >= 15 is 0 Å². The predicted molar refractivity (Wildman–Crippen MR) is 60.6 cm³/mol. The number of hydrogen-bond donors (Lipinski definition) is 3. The number of amidine groups is 1. The van der Waals surface area contributed by atoms with E-state index in [1.54, 1.807) is 0 Å². The lowest BCUT2D eigenvalue weighted by atomic mass is 10.1. The van der Waals surface area contributed by atoms with Crippen LogP contribution in [0.2, 0.25) is 0 Å². The smallest absolute Gasteiger partial charge is 0.166 e. The number of nitrogens with zero attached hydrogens (tertiary/aromatic N) is 1. The maximum atomic E-state index is 5.19. The van der Waals surface area contributed by atoms with Crippen molar-refractivity contribution in [3.8, 4) is 0 Å². The van der Waals surface area contributed by atoms with Crippen LogP contribution in [0.15, 0.2) is 29.4 Å². The van der Waals surface area contributed by atoms with Crippen molar-refractivity contribution in [3.63, 3.8) is 0 Å². The molecule has 0 radical (unpaired) electrons. The van der Waals surface area contributed by atoms with Crippen molar-refractivity contribution in [1.29, 1.82) is 0 Å². The van der Waals surface area contributed by atoms with Crippen molar-refractivity contribution < 1.29 is 0 Å². The monoisotopic (exact) mass is 194 g/mol. The Labute approximate surface area is 85.0 Å². The van der Waals surface area contributed by atoms with Crippen molar-refractivity contribution in [2.24, 2.45) is 16.8 Å². The third-order valence-electron chi connectivity index (χ3n) is 1.59. The first-order chi connectivity index (χ1) is 6.77. The average Bonchev–Trinajstić information content (AvgIpc) is 2.25. The summed E-state index contributed by atoms with van der Waals surface area (Å²) in [5.74, 6) is 10.8. The Morgan fingerprint density at radius 3 is 2.07 bits per heavy atom. The topological polar surface area (TPSA) is 76.4 Å². The Kier molecular flexibility index (Phi) is 6.15. The molecule has 0 saturated heterocycles. The molecule has 1 rings (SSSR count). The Bertz CT molecular complexity index is 277. The first-order valence-electron chi connectivity index (χ1n) is 4.59. The van der Waals surface area contributed by atoms with Gasteiger partial charge in [0, 0.05) is 5.56 Å². The standard InChI is InChI=1S/C8H12N4.C2H6/c1-6-2-4-7(5-3-6)8(11-9)12-10;1-2/h2-5H,9-10H2,1H3,(H,11,12);1-2H3. The van der Waals surface area contributed by atoms with Gasteiger partial charge in [0.15, 0.2) is 5.84 Å². The van der Waals surface area contributed by atoms with Gasteiger partial charge in [-0.25, -0.2) is 5.84 Å². The second-order valence-corrected chi connectivity index (χ2v) is 2.49. The van der Waals surface area contributed by atoms with Crippen molar-refractivity contribution in [1.82, 2.24) is 5.43 Å². The van der Waals surface area contributed by atoms with Crippen LogP contribution < -0.4 is 17.1 Å². The summed E-state index contributed by atoms with van der Waals surface area (Å²) in [6.45, 7) is 6.01. The van der Waals surface area contributed by atoms with E-state index in [-0.39, 0.29) is 0 Å². The normalized spacial score (nSPS) is 10.1. The zero-order chi connectivity index (χ0) is 11.0. The lowest BCUT2D eigenvalue weighted by Crippen LogP contribution is -2.31. The van der Waals surface area contributed by atoms with Gasteiger partial charge in [0.25, 0.3) is 0 Å². The molecule has 0 spiro atoms. The average molecular weight is 194 g/mol. The Morgan fingerprint density at radius 1 is 1.21 bits per heavy atom. The van der Waals surface area contributed by atoms with Crippen molar-refractivity contribution in [2.75, 3.05) is 0 Å². The minimum atomic E-state index is 0.481. The number of hydrazone groups is 1. The van der Waals surface area contributed by atoms with E-state index in [1.807, 2.05) is 45.0 Å². The molecule has 0 aliphatic carbocycles. The Balaban J connectivity index is 0.000000791. The molecule has 5 N–H and O–H groups in total. The summed E-state index contributed by atoms with van der Waals surface area (Å²) in [5.41, 5.74) is 4.48. The lowest BCUT2D eigenvalue weighted by molar-refractivity contribution is 1.00. The van der Waals surface area contributed by atoms with Crippen LogP contribution in [-0.4, -0.2) is 5.84 Å². The predicted octanol–water partition coefficient (Wildman–Crippen LogP) is 1.10. The summed E-state index contributed by atoms with van der Waals surface area (Å²) < 4.78 is 0. The Morgan fingerprint density at radius 2 is 1.71 bits per heavy atom. The summed E-state index contributed by atoms with van der Waals surface area (Å²) in [7, 11) is 0. The molecule has 0 aliphatic heterocycles. The molecule has 14 heavy (non-hydrogen) atoms. The van der Waals surface area contributed by atoms with Crippen LogP contribution in [0.4, 0.5) is 0 Å². The van der Waals surface area contributed by atoms with Crippen LogP contribution in [0.3, 0.4) is 0 Å². The van der Waals surface area contributed by atoms with Crippen LogP contribution in [0, 0.1) is 6.92 Å². The second kappa shape index (κ2) is 6.91. The van der Waals surface area contributed by atoms with Crippen LogP contribution in [0.1, 0.15) is 25.0 Å². The molecule has 0 bridgehead atoms. The molecule has 4 nitrogen and oxygen atoms in total. The van der Waals surface area contributed by atoms with Gasteiger partial charge < -0.3 is 11.3 Å². The molecule has 0 amide bonds. The van der Waals surface area contributed by atoms with E-state index in [4.69, 9.17) is 11.7 Å². The second-order valence-electron chi connectivity index (χ2n) is 2.49. The quantitative estimate of drug-likeness (QED) is 0.271. The molecule has 0 fully saturated rings. The molecule has 1 aromatic carbocycles. The minimum absolute atomic E-state index is 0.481. The molecule has 1 aromatic rings. The van der Waals surface area contributed by atoms with Gasteiger partial charge in [-0.1, -0.05) is 43.7 Å². The van der Waals surface area contributed by atoms with Crippen molar-refractivity contribution in [2.45, 2.75) is 20.8 Å². The highest BCUT2D eigenvalue weighted by Gasteiger charge is 1.98. The van der Waals surface area contributed by atoms with Gasteiger partial charge in [0.05, 0.1) is 0 Å². The van der Waals surface area contributed by atoms with E-state index in [2.05, 4.69) is 10.5 Å². The number of hydrazine groups is 1. The minimum Gasteiger partial charge on any atom is -0.321 e. The fourth-order valence-electron chi connectivity index (χ4n) is 0.907. The van der Waals surface area contributed by atoms with E-state index in [0.29, 0.717) is 5.84 Å². The first-order valence-corrected chi connectivity index (χ1v) is 4.59. The third-order valence-corrected chi connectivity index (χ3v) is 1.59. The number of benzene rings is 1.